The number of nitro groups is 1. The molecular formula is C19H17N7O4S. The van der Waals surface area contributed by atoms with Crippen LogP contribution in [0.3, 0.4) is 0 Å². The molecule has 0 aliphatic carbocycles. The molecule has 158 valence electrons. The molecule has 2 aromatic rings. The van der Waals surface area contributed by atoms with E-state index >= 15 is 0 Å². The van der Waals surface area contributed by atoms with Crippen LogP contribution < -0.4 is 21.7 Å². The number of nitrogens with two attached hydrogens (primary N) is 1. The Kier molecular flexibility index (Phi) is 6.07. The molecule has 12 heteroatoms. The van der Waals surface area contributed by atoms with E-state index in [1.807, 2.05) is 6.07 Å². The van der Waals surface area contributed by atoms with Gasteiger partial charge in [0.05, 0.1) is 27.8 Å². The number of carbonyl (C=O) groups is 2. The zero-order valence-corrected chi connectivity index (χ0v) is 17.2. The Morgan fingerprint density at radius 3 is 2.77 bits per heavy atom. The number of thioether (sulfide) groups is 1. The number of nitrogens with zero attached hydrogens (tertiary/aromatic N) is 3. The topological polar surface area (TPSA) is 176 Å². The number of amides is 3. The quantitative estimate of drug-likeness (QED) is 0.312. The minimum Gasteiger partial charge on any atom is -0.397 e. The van der Waals surface area contributed by atoms with Crippen LogP contribution in [0.1, 0.15) is 24.1 Å². The fourth-order valence-electron chi connectivity index (χ4n) is 3.17. The lowest BCUT2D eigenvalue weighted by atomic mass is 9.93. The van der Waals surface area contributed by atoms with Crippen molar-refractivity contribution in [3.8, 4) is 6.07 Å². The summed E-state index contributed by atoms with van der Waals surface area (Å²) in [4.78, 5) is 40.3. The van der Waals surface area contributed by atoms with Gasteiger partial charge in [-0.05, 0) is 19.2 Å². The molecule has 0 bridgehead atoms. The Morgan fingerprint density at radius 1 is 1.42 bits per heavy atom. The van der Waals surface area contributed by atoms with Gasteiger partial charge in [0.2, 0.25) is 0 Å². The normalized spacial score (nSPS) is 15.5. The summed E-state index contributed by atoms with van der Waals surface area (Å²) in [6, 6.07) is 7.49. The largest absolute Gasteiger partial charge is 0.397 e. The average Bonchev–Trinajstić information content (AvgIpc) is 2.72. The molecule has 1 unspecified atom stereocenters. The van der Waals surface area contributed by atoms with Crippen molar-refractivity contribution in [1.82, 2.24) is 15.6 Å². The van der Waals surface area contributed by atoms with Crippen molar-refractivity contribution in [3.05, 3.63) is 62.8 Å². The number of pyridine rings is 1. The van der Waals surface area contributed by atoms with Crippen molar-refractivity contribution in [1.29, 1.82) is 5.26 Å². The second-order valence-electron chi connectivity index (χ2n) is 6.43. The van der Waals surface area contributed by atoms with E-state index in [4.69, 9.17) is 5.73 Å². The zero-order valence-electron chi connectivity index (χ0n) is 16.4. The molecule has 1 atom stereocenters. The van der Waals surface area contributed by atoms with E-state index < -0.39 is 22.9 Å². The lowest BCUT2D eigenvalue weighted by Crippen LogP contribution is -2.46. The number of allylic oxidation sites excluding steroid dienone is 1. The number of hydrogen-bond acceptors (Lipinski definition) is 8. The minimum atomic E-state index is -1.06. The van der Waals surface area contributed by atoms with Crippen LogP contribution in [0.5, 0.6) is 0 Å². The van der Waals surface area contributed by atoms with E-state index in [0.29, 0.717) is 5.03 Å². The third-order valence-electron chi connectivity index (χ3n) is 4.52. The molecule has 5 N–H and O–H groups in total. The molecule has 0 radical (unpaired) electrons. The molecule has 1 aliphatic rings. The molecule has 1 aliphatic heterocycles. The Morgan fingerprint density at radius 2 is 2.13 bits per heavy atom. The number of carbonyl (C=O) groups excluding carboxylic acids is 2. The molecule has 0 fully saturated rings. The second-order valence-corrected chi connectivity index (χ2v) is 7.23. The number of nitriles is 1. The van der Waals surface area contributed by atoms with Crippen molar-refractivity contribution < 1.29 is 14.5 Å². The van der Waals surface area contributed by atoms with Crippen LogP contribution in [-0.4, -0.2) is 28.1 Å². The van der Waals surface area contributed by atoms with Gasteiger partial charge in [0.25, 0.3) is 11.6 Å². The van der Waals surface area contributed by atoms with E-state index in [2.05, 4.69) is 20.9 Å². The number of anilines is 2. The van der Waals surface area contributed by atoms with Crippen molar-refractivity contribution in [2.75, 3.05) is 17.3 Å². The summed E-state index contributed by atoms with van der Waals surface area (Å²) in [5.41, 5.74) is 6.47. The second kappa shape index (κ2) is 8.72. The molecule has 31 heavy (non-hydrogen) atoms. The van der Waals surface area contributed by atoms with Gasteiger partial charge in [-0.1, -0.05) is 12.1 Å². The first kappa shape index (κ1) is 21.6. The van der Waals surface area contributed by atoms with Crippen molar-refractivity contribution >= 4 is 40.9 Å². The van der Waals surface area contributed by atoms with E-state index in [1.54, 1.807) is 12.3 Å². The average molecular weight is 439 g/mol. The van der Waals surface area contributed by atoms with Gasteiger partial charge in [0.15, 0.2) is 0 Å². The number of hydrogen-bond donors (Lipinski definition) is 4. The number of aromatic nitrogens is 1. The summed E-state index contributed by atoms with van der Waals surface area (Å²) >= 11 is 1.19. The number of nitro benzene ring substituents is 1. The number of urea groups is 1. The van der Waals surface area contributed by atoms with Gasteiger partial charge < -0.3 is 21.7 Å². The summed E-state index contributed by atoms with van der Waals surface area (Å²) in [5, 5.41) is 28.7. The van der Waals surface area contributed by atoms with Gasteiger partial charge in [0, 0.05) is 17.8 Å². The van der Waals surface area contributed by atoms with Crippen LogP contribution in [0.15, 0.2) is 46.6 Å². The van der Waals surface area contributed by atoms with E-state index in [9.17, 15) is 25.0 Å². The third kappa shape index (κ3) is 4.26. The summed E-state index contributed by atoms with van der Waals surface area (Å²) in [6.45, 7) is 1.52. The summed E-state index contributed by atoms with van der Waals surface area (Å²) in [7, 11) is 0. The van der Waals surface area contributed by atoms with Gasteiger partial charge in [-0.15, -0.1) is 11.8 Å². The number of rotatable bonds is 5. The lowest BCUT2D eigenvalue weighted by molar-refractivity contribution is -0.385. The Hall–Kier alpha value is -4.11. The number of benzene rings is 1. The van der Waals surface area contributed by atoms with Gasteiger partial charge in [-0.25, -0.2) is 9.78 Å². The monoisotopic (exact) mass is 439 g/mol. The highest BCUT2D eigenvalue weighted by atomic mass is 32.2. The van der Waals surface area contributed by atoms with E-state index in [-0.39, 0.29) is 39.6 Å². The molecule has 1 aromatic carbocycles. The van der Waals surface area contributed by atoms with Crippen LogP contribution in [0.4, 0.5) is 22.0 Å². The van der Waals surface area contributed by atoms with Crippen LogP contribution in [0.25, 0.3) is 0 Å². The number of nitrogen functional groups attached to an aromatic ring is 1. The highest BCUT2D eigenvalue weighted by molar-refractivity contribution is 7.98. The van der Waals surface area contributed by atoms with Crippen LogP contribution in [0, 0.1) is 21.4 Å². The highest BCUT2D eigenvalue weighted by Crippen LogP contribution is 2.33. The van der Waals surface area contributed by atoms with Gasteiger partial charge in [-0.2, -0.15) is 5.26 Å². The predicted molar refractivity (Wildman–Crippen MR) is 114 cm³/mol. The number of para-hydroxylation sites is 1. The fraction of sp³-hybridized carbons (Fsp3) is 0.158. The highest BCUT2D eigenvalue weighted by Gasteiger charge is 2.35. The molecule has 11 nitrogen and oxygen atoms in total. The molecule has 0 saturated heterocycles. The molecule has 1 aromatic heterocycles. The van der Waals surface area contributed by atoms with Crippen molar-refractivity contribution in [2.24, 2.45) is 0 Å². The van der Waals surface area contributed by atoms with Crippen LogP contribution >= 0.6 is 11.8 Å². The van der Waals surface area contributed by atoms with Crippen molar-refractivity contribution in [2.45, 2.75) is 18.0 Å². The predicted octanol–water partition coefficient (Wildman–Crippen LogP) is 2.43. The smallest absolute Gasteiger partial charge is 0.319 e. The van der Waals surface area contributed by atoms with Gasteiger partial charge >= 0.3 is 6.03 Å². The summed E-state index contributed by atoms with van der Waals surface area (Å²) in [6.07, 6.45) is 1.71. The van der Waals surface area contributed by atoms with Gasteiger partial charge in [-0.3, -0.25) is 14.9 Å². The Balaban J connectivity index is 2.03. The van der Waals surface area contributed by atoms with Crippen molar-refractivity contribution in [3.63, 3.8) is 0 Å². The van der Waals surface area contributed by atoms with E-state index in [0.717, 1.165) is 0 Å². The zero-order chi connectivity index (χ0) is 22.7. The molecule has 3 rings (SSSR count). The van der Waals surface area contributed by atoms with E-state index in [1.165, 1.54) is 43.0 Å². The summed E-state index contributed by atoms with van der Waals surface area (Å²) in [5.74, 6) is -0.541. The first-order chi connectivity index (χ1) is 14.8. The molecule has 0 saturated carbocycles. The lowest BCUT2D eigenvalue weighted by Gasteiger charge is -2.28. The molecule has 0 spiro atoms. The maximum absolute atomic E-state index is 13.1. The molecule has 2 heterocycles. The minimum absolute atomic E-state index is 0.0735. The number of nitrogens with one attached hydrogen (secondary N) is 3. The SMILES string of the molecule is CSc1nc(NC(=O)C2=C(C)NC(=O)NC2c2ccccc2[N+](=O)[O-])cc(N)c1C#N. The van der Waals surface area contributed by atoms with Crippen LogP contribution in [-0.2, 0) is 4.79 Å². The van der Waals surface area contributed by atoms with Gasteiger partial charge in [0.1, 0.15) is 22.5 Å². The van der Waals surface area contributed by atoms with Crippen LogP contribution in [0.2, 0.25) is 0 Å². The fourth-order valence-corrected chi connectivity index (χ4v) is 3.73. The third-order valence-corrected chi connectivity index (χ3v) is 5.20. The Labute approximate surface area is 180 Å². The maximum atomic E-state index is 13.1. The standard InChI is InChI=1S/C19H17N7O4S/c1-9-15(17(27)23-14-7-12(21)11(8-20)18(24-14)31-2)16(25-19(28)22-9)10-5-3-4-6-13(10)26(29)30/h3-7,16H,1-2H3,(H2,22,25,28)(H3,21,23,24,27). The first-order valence-electron chi connectivity index (χ1n) is 8.84. The molecule has 3 amide bonds. The first-order valence-corrected chi connectivity index (χ1v) is 10.1. The maximum Gasteiger partial charge on any atom is 0.319 e. The Bertz CT molecular complexity index is 1170. The summed E-state index contributed by atoms with van der Waals surface area (Å²) < 4.78 is 0. The molecular weight excluding hydrogens is 422 g/mol.